The van der Waals surface area contributed by atoms with Crippen LogP contribution in [0.15, 0.2) is 23.6 Å². The molecule has 0 amide bonds. The van der Waals surface area contributed by atoms with E-state index in [-0.39, 0.29) is 0 Å². The van der Waals surface area contributed by atoms with Gasteiger partial charge in [0.2, 0.25) is 0 Å². The summed E-state index contributed by atoms with van der Waals surface area (Å²) in [7, 11) is 0. The Balaban J connectivity index is 2.08. The zero-order chi connectivity index (χ0) is 10.7. The van der Waals surface area contributed by atoms with Gasteiger partial charge in [-0.2, -0.15) is 0 Å². The summed E-state index contributed by atoms with van der Waals surface area (Å²) in [4.78, 5) is 0. The molecule has 5 heteroatoms. The minimum atomic E-state index is 0.734. The Bertz CT molecular complexity index is 442. The maximum absolute atomic E-state index is 3.99. The van der Waals surface area contributed by atoms with E-state index in [9.17, 15) is 0 Å². The molecule has 0 radical (unpaired) electrons. The minimum absolute atomic E-state index is 0.734. The highest BCUT2D eigenvalue weighted by Crippen LogP contribution is 2.20. The molecular weight excluding hydrogens is 321 g/mol. The van der Waals surface area contributed by atoms with E-state index in [2.05, 4.69) is 62.6 Å². The first-order chi connectivity index (χ1) is 7.27. The predicted molar refractivity (Wildman–Crippen MR) is 71.1 cm³/mol. The molecule has 1 aromatic heterocycles. The topological polar surface area (TPSA) is 37.8 Å². The van der Waals surface area contributed by atoms with E-state index < -0.39 is 0 Å². The molecule has 0 spiro atoms. The molecule has 0 fully saturated rings. The lowest BCUT2D eigenvalue weighted by Crippen LogP contribution is -2.02. The second-order valence-corrected chi connectivity index (χ2v) is 4.93. The SMILES string of the molecule is Cc1c(I)cccc1NCc1csnn1. The number of nitrogens with one attached hydrogen (secondary N) is 1. The van der Waals surface area contributed by atoms with Gasteiger partial charge in [-0.25, -0.2) is 0 Å². The summed E-state index contributed by atoms with van der Waals surface area (Å²) < 4.78 is 5.10. The van der Waals surface area contributed by atoms with Gasteiger partial charge < -0.3 is 5.32 Å². The number of hydrogen-bond acceptors (Lipinski definition) is 4. The van der Waals surface area contributed by atoms with E-state index in [1.807, 2.05) is 5.38 Å². The number of aromatic nitrogens is 2. The molecule has 0 atom stereocenters. The standard InChI is InChI=1S/C10H10IN3S/c1-7-9(11)3-2-4-10(7)12-5-8-6-15-14-13-8/h2-4,6,12H,5H2,1H3. The van der Waals surface area contributed by atoms with Crippen molar-refractivity contribution < 1.29 is 0 Å². The van der Waals surface area contributed by atoms with Gasteiger partial charge in [0.1, 0.15) is 0 Å². The highest BCUT2D eigenvalue weighted by Gasteiger charge is 2.01. The molecule has 1 N–H and O–H groups in total. The molecule has 0 bridgehead atoms. The Morgan fingerprint density at radius 2 is 2.33 bits per heavy atom. The van der Waals surface area contributed by atoms with Crippen LogP contribution in [0.25, 0.3) is 0 Å². The zero-order valence-electron chi connectivity index (χ0n) is 8.20. The van der Waals surface area contributed by atoms with Crippen LogP contribution in [0.3, 0.4) is 0 Å². The first kappa shape index (κ1) is 10.8. The Labute approximate surface area is 106 Å². The number of nitrogens with zero attached hydrogens (tertiary/aromatic N) is 2. The highest BCUT2D eigenvalue weighted by atomic mass is 127. The van der Waals surface area contributed by atoms with Gasteiger partial charge in [0.05, 0.1) is 12.2 Å². The lowest BCUT2D eigenvalue weighted by molar-refractivity contribution is 0.996. The van der Waals surface area contributed by atoms with Crippen molar-refractivity contribution in [2.75, 3.05) is 5.32 Å². The summed E-state index contributed by atoms with van der Waals surface area (Å²) >= 11 is 3.72. The highest BCUT2D eigenvalue weighted by molar-refractivity contribution is 14.1. The fraction of sp³-hybridized carbons (Fsp3) is 0.200. The summed E-state index contributed by atoms with van der Waals surface area (Å²) in [5.74, 6) is 0. The van der Waals surface area contributed by atoms with Crippen molar-refractivity contribution in [2.24, 2.45) is 0 Å². The lowest BCUT2D eigenvalue weighted by atomic mass is 10.2. The molecular formula is C10H10IN3S. The molecule has 2 aromatic rings. The van der Waals surface area contributed by atoms with Crippen LogP contribution in [-0.4, -0.2) is 9.59 Å². The van der Waals surface area contributed by atoms with Crippen molar-refractivity contribution in [3.8, 4) is 0 Å². The summed E-state index contributed by atoms with van der Waals surface area (Å²) in [6, 6.07) is 6.24. The normalized spacial score (nSPS) is 10.3. The van der Waals surface area contributed by atoms with E-state index in [0.717, 1.165) is 17.9 Å². The largest absolute Gasteiger partial charge is 0.379 e. The van der Waals surface area contributed by atoms with E-state index in [1.54, 1.807) is 0 Å². The Kier molecular flexibility index (Phi) is 3.53. The third-order valence-electron chi connectivity index (χ3n) is 2.13. The number of benzene rings is 1. The molecule has 0 unspecified atom stereocenters. The van der Waals surface area contributed by atoms with E-state index in [4.69, 9.17) is 0 Å². The molecule has 1 aromatic carbocycles. The molecule has 2 rings (SSSR count). The molecule has 1 heterocycles. The number of anilines is 1. The van der Waals surface area contributed by atoms with Crippen LogP contribution in [0.2, 0.25) is 0 Å². The van der Waals surface area contributed by atoms with Gasteiger partial charge in [-0.1, -0.05) is 10.6 Å². The van der Waals surface area contributed by atoms with Crippen LogP contribution < -0.4 is 5.32 Å². The van der Waals surface area contributed by atoms with Gasteiger partial charge in [0, 0.05) is 14.6 Å². The van der Waals surface area contributed by atoms with Crippen LogP contribution in [0.1, 0.15) is 11.3 Å². The van der Waals surface area contributed by atoms with Crippen molar-refractivity contribution in [3.63, 3.8) is 0 Å². The van der Waals surface area contributed by atoms with Gasteiger partial charge >= 0.3 is 0 Å². The summed E-state index contributed by atoms with van der Waals surface area (Å²) in [6.45, 7) is 2.85. The summed E-state index contributed by atoms with van der Waals surface area (Å²) in [5, 5.41) is 9.30. The van der Waals surface area contributed by atoms with Crippen LogP contribution in [0, 0.1) is 10.5 Å². The smallest absolute Gasteiger partial charge is 0.0946 e. The quantitative estimate of drug-likeness (QED) is 0.879. The summed E-state index contributed by atoms with van der Waals surface area (Å²) in [6.07, 6.45) is 0. The minimum Gasteiger partial charge on any atom is -0.379 e. The third kappa shape index (κ3) is 2.66. The molecule has 3 nitrogen and oxygen atoms in total. The van der Waals surface area contributed by atoms with Gasteiger partial charge in [-0.3, -0.25) is 0 Å². The van der Waals surface area contributed by atoms with Crippen LogP contribution in [0.4, 0.5) is 5.69 Å². The van der Waals surface area contributed by atoms with E-state index in [1.165, 1.54) is 20.7 Å². The maximum Gasteiger partial charge on any atom is 0.0946 e. The molecule has 0 saturated carbocycles. The van der Waals surface area contributed by atoms with Crippen molar-refractivity contribution in [3.05, 3.63) is 38.4 Å². The average Bonchev–Trinajstić information content (AvgIpc) is 2.73. The van der Waals surface area contributed by atoms with E-state index in [0.29, 0.717) is 0 Å². The second-order valence-electron chi connectivity index (χ2n) is 3.16. The predicted octanol–water partition coefficient (Wildman–Crippen LogP) is 3.06. The molecule has 0 saturated heterocycles. The lowest BCUT2D eigenvalue weighted by Gasteiger charge is -2.08. The maximum atomic E-state index is 3.99. The molecule has 0 aliphatic carbocycles. The van der Waals surface area contributed by atoms with Gasteiger partial charge in [0.15, 0.2) is 0 Å². The van der Waals surface area contributed by atoms with Crippen LogP contribution in [-0.2, 0) is 6.54 Å². The fourth-order valence-corrected chi connectivity index (χ4v) is 2.20. The van der Waals surface area contributed by atoms with Crippen molar-refractivity contribution in [1.29, 1.82) is 0 Å². The van der Waals surface area contributed by atoms with Crippen LogP contribution in [0.5, 0.6) is 0 Å². The first-order valence-electron chi connectivity index (χ1n) is 4.52. The molecule has 0 aliphatic rings. The Morgan fingerprint density at radius 1 is 1.47 bits per heavy atom. The molecule has 78 valence electrons. The molecule has 0 aliphatic heterocycles. The number of rotatable bonds is 3. The Hall–Kier alpha value is -0.690. The molecule has 15 heavy (non-hydrogen) atoms. The average molecular weight is 331 g/mol. The van der Waals surface area contributed by atoms with Gasteiger partial charge in [-0.15, -0.1) is 5.10 Å². The van der Waals surface area contributed by atoms with E-state index >= 15 is 0 Å². The van der Waals surface area contributed by atoms with Gasteiger partial charge in [0.25, 0.3) is 0 Å². The van der Waals surface area contributed by atoms with Crippen molar-refractivity contribution >= 4 is 39.8 Å². The monoisotopic (exact) mass is 331 g/mol. The fourth-order valence-electron chi connectivity index (χ4n) is 1.25. The Morgan fingerprint density at radius 3 is 3.07 bits per heavy atom. The van der Waals surface area contributed by atoms with Crippen LogP contribution >= 0.6 is 34.1 Å². The zero-order valence-corrected chi connectivity index (χ0v) is 11.2. The number of halogens is 1. The second kappa shape index (κ2) is 4.89. The van der Waals surface area contributed by atoms with Crippen molar-refractivity contribution in [1.82, 2.24) is 9.59 Å². The third-order valence-corrected chi connectivity index (χ3v) is 3.85. The van der Waals surface area contributed by atoms with Gasteiger partial charge in [-0.05, 0) is 58.7 Å². The van der Waals surface area contributed by atoms with Crippen molar-refractivity contribution in [2.45, 2.75) is 13.5 Å². The first-order valence-corrected chi connectivity index (χ1v) is 6.44. The summed E-state index contributed by atoms with van der Waals surface area (Å²) in [5.41, 5.74) is 3.43. The number of hydrogen-bond donors (Lipinski definition) is 1.